The molecule has 0 aliphatic carbocycles. The predicted octanol–water partition coefficient (Wildman–Crippen LogP) is 4.05. The second kappa shape index (κ2) is 10.8. The molecule has 0 unspecified atom stereocenters. The van der Waals surface area contributed by atoms with Crippen LogP contribution >= 0.6 is 0 Å². The van der Waals surface area contributed by atoms with Crippen molar-refractivity contribution in [3.05, 3.63) is 71.8 Å². The molecule has 2 rings (SSSR count). The first kappa shape index (κ1) is 22.6. The smallest absolute Gasteiger partial charge is 0.323 e. The summed E-state index contributed by atoms with van der Waals surface area (Å²) < 4.78 is 10.9. The van der Waals surface area contributed by atoms with E-state index in [0.717, 1.165) is 11.1 Å². The first-order valence-electron chi connectivity index (χ1n) is 9.98. The van der Waals surface area contributed by atoms with Crippen molar-refractivity contribution >= 4 is 11.9 Å². The summed E-state index contributed by atoms with van der Waals surface area (Å²) in [5.74, 6) is -0.765. The Bertz CT molecular complexity index is 768. The van der Waals surface area contributed by atoms with Gasteiger partial charge in [0.2, 0.25) is 0 Å². The number of hydrogen-bond donors (Lipinski definition) is 1. The van der Waals surface area contributed by atoms with E-state index in [1.807, 2.05) is 81.4 Å². The fraction of sp³-hybridized carbons (Fsp3) is 0.417. The van der Waals surface area contributed by atoms with Gasteiger partial charge in [-0.1, -0.05) is 60.7 Å². The van der Waals surface area contributed by atoms with E-state index in [4.69, 9.17) is 9.47 Å². The summed E-state index contributed by atoms with van der Waals surface area (Å²) in [5, 5.41) is 3.10. The van der Waals surface area contributed by atoms with Gasteiger partial charge in [0.15, 0.2) is 0 Å². The molecule has 5 heteroatoms. The van der Waals surface area contributed by atoms with Gasteiger partial charge >= 0.3 is 11.9 Å². The van der Waals surface area contributed by atoms with E-state index < -0.39 is 23.7 Å². The van der Waals surface area contributed by atoms with Crippen molar-refractivity contribution in [1.29, 1.82) is 0 Å². The van der Waals surface area contributed by atoms with Crippen molar-refractivity contribution in [2.24, 2.45) is 0 Å². The van der Waals surface area contributed by atoms with Crippen LogP contribution in [0.25, 0.3) is 0 Å². The highest BCUT2D eigenvalue weighted by molar-refractivity contribution is 5.79. The topological polar surface area (TPSA) is 64.6 Å². The van der Waals surface area contributed by atoms with E-state index in [9.17, 15) is 9.59 Å². The molecule has 0 aliphatic heterocycles. The molecule has 2 aromatic carbocycles. The largest absolute Gasteiger partial charge is 0.460 e. The van der Waals surface area contributed by atoms with E-state index in [0.29, 0.717) is 12.8 Å². The average molecular weight is 398 g/mol. The molecule has 0 amide bonds. The molecule has 156 valence electrons. The molecule has 2 aromatic rings. The quantitative estimate of drug-likeness (QED) is 0.647. The average Bonchev–Trinajstić information content (AvgIpc) is 2.69. The van der Waals surface area contributed by atoms with Crippen LogP contribution in [-0.4, -0.2) is 29.6 Å². The minimum atomic E-state index is -0.626. The summed E-state index contributed by atoms with van der Waals surface area (Å²) in [7, 11) is 0. The van der Waals surface area contributed by atoms with Crippen molar-refractivity contribution in [2.75, 3.05) is 0 Å². The van der Waals surface area contributed by atoms with Crippen molar-refractivity contribution in [3.63, 3.8) is 0 Å². The molecule has 2 atom stereocenters. The highest BCUT2D eigenvalue weighted by Gasteiger charge is 2.27. The van der Waals surface area contributed by atoms with Gasteiger partial charge < -0.3 is 9.47 Å². The van der Waals surface area contributed by atoms with Crippen LogP contribution in [-0.2, 0) is 32.1 Å². The Morgan fingerprint density at radius 3 is 2.00 bits per heavy atom. The van der Waals surface area contributed by atoms with E-state index in [1.165, 1.54) is 0 Å². The lowest BCUT2D eigenvalue weighted by atomic mass is 10.0. The number of carbonyl (C=O) groups is 2. The van der Waals surface area contributed by atoms with Crippen LogP contribution in [0.2, 0.25) is 0 Å². The molecule has 0 saturated carbocycles. The van der Waals surface area contributed by atoms with Crippen molar-refractivity contribution in [1.82, 2.24) is 5.32 Å². The Kier molecular flexibility index (Phi) is 8.40. The molecular weight excluding hydrogens is 366 g/mol. The lowest BCUT2D eigenvalue weighted by Gasteiger charge is -2.25. The van der Waals surface area contributed by atoms with Gasteiger partial charge in [-0.15, -0.1) is 0 Å². The van der Waals surface area contributed by atoms with Gasteiger partial charge in [0, 0.05) is 0 Å². The second-order valence-corrected chi connectivity index (χ2v) is 8.09. The first-order valence-corrected chi connectivity index (χ1v) is 9.98. The molecular formula is C24H31NO4. The Morgan fingerprint density at radius 1 is 0.897 bits per heavy atom. The van der Waals surface area contributed by atoms with Crippen LogP contribution in [0.4, 0.5) is 0 Å². The third-order valence-electron chi connectivity index (χ3n) is 4.28. The van der Waals surface area contributed by atoms with Gasteiger partial charge in [-0.05, 0) is 51.7 Å². The molecule has 5 nitrogen and oxygen atoms in total. The monoisotopic (exact) mass is 397 g/mol. The number of ether oxygens (including phenoxy) is 2. The number of esters is 2. The van der Waals surface area contributed by atoms with Crippen molar-refractivity contribution in [3.8, 4) is 0 Å². The van der Waals surface area contributed by atoms with E-state index in [2.05, 4.69) is 5.32 Å². The van der Waals surface area contributed by atoms with Crippen LogP contribution in [0, 0.1) is 0 Å². The molecule has 0 heterocycles. The summed E-state index contributed by atoms with van der Waals surface area (Å²) >= 11 is 0. The minimum absolute atomic E-state index is 0.198. The van der Waals surface area contributed by atoms with Crippen LogP contribution in [0.5, 0.6) is 0 Å². The predicted molar refractivity (Wildman–Crippen MR) is 113 cm³/mol. The maximum absolute atomic E-state index is 12.7. The number of nitrogens with one attached hydrogen (secondary N) is 1. The van der Waals surface area contributed by atoms with Crippen LogP contribution in [0.1, 0.15) is 45.2 Å². The summed E-state index contributed by atoms with van der Waals surface area (Å²) in [5.41, 5.74) is 1.46. The SMILES string of the molecule is C[C@H](N[C@@H](CCc1ccccc1)C(=O)OCc1ccccc1)C(=O)OC(C)(C)C. The number of hydrogen-bond acceptors (Lipinski definition) is 5. The van der Waals surface area contributed by atoms with Crippen LogP contribution in [0.3, 0.4) is 0 Å². The van der Waals surface area contributed by atoms with Gasteiger partial charge in [0.25, 0.3) is 0 Å². The van der Waals surface area contributed by atoms with E-state index in [-0.39, 0.29) is 12.6 Å². The number of rotatable bonds is 9. The molecule has 0 saturated heterocycles. The molecule has 0 fully saturated rings. The standard InChI is InChI=1S/C24H31NO4/c1-18(22(26)29-24(2,3)4)25-21(16-15-19-11-7-5-8-12-19)23(27)28-17-20-13-9-6-10-14-20/h5-14,18,21,25H,15-17H2,1-4H3/t18-,21-/m0/s1. The highest BCUT2D eigenvalue weighted by Crippen LogP contribution is 2.12. The Morgan fingerprint density at radius 2 is 1.45 bits per heavy atom. The normalized spacial score (nSPS) is 13.4. The highest BCUT2D eigenvalue weighted by atomic mass is 16.6. The molecule has 0 radical (unpaired) electrons. The Labute approximate surface area is 173 Å². The van der Waals surface area contributed by atoms with Gasteiger partial charge in [0.05, 0.1) is 0 Å². The molecule has 29 heavy (non-hydrogen) atoms. The van der Waals surface area contributed by atoms with Gasteiger partial charge in [-0.3, -0.25) is 14.9 Å². The third kappa shape index (κ3) is 8.48. The van der Waals surface area contributed by atoms with Gasteiger partial charge in [-0.25, -0.2) is 0 Å². The zero-order valence-electron chi connectivity index (χ0n) is 17.7. The maximum atomic E-state index is 12.7. The van der Waals surface area contributed by atoms with E-state index in [1.54, 1.807) is 6.92 Å². The van der Waals surface area contributed by atoms with Crippen molar-refractivity contribution < 1.29 is 19.1 Å². The summed E-state index contributed by atoms with van der Waals surface area (Å²) in [6.07, 6.45) is 1.21. The first-order chi connectivity index (χ1) is 13.7. The second-order valence-electron chi connectivity index (χ2n) is 8.09. The molecule has 0 aromatic heterocycles. The Hall–Kier alpha value is -2.66. The van der Waals surface area contributed by atoms with Crippen LogP contribution < -0.4 is 5.32 Å². The van der Waals surface area contributed by atoms with Crippen LogP contribution in [0.15, 0.2) is 60.7 Å². The number of aryl methyl sites for hydroxylation is 1. The number of carbonyl (C=O) groups excluding carboxylic acids is 2. The summed E-state index contributed by atoms with van der Waals surface area (Å²) in [6, 6.07) is 18.2. The molecule has 1 N–H and O–H groups in total. The fourth-order valence-corrected chi connectivity index (χ4v) is 2.81. The maximum Gasteiger partial charge on any atom is 0.323 e. The third-order valence-corrected chi connectivity index (χ3v) is 4.28. The lowest BCUT2D eigenvalue weighted by molar-refractivity contribution is -0.158. The number of benzene rings is 2. The van der Waals surface area contributed by atoms with E-state index >= 15 is 0 Å². The van der Waals surface area contributed by atoms with Gasteiger partial charge in [-0.2, -0.15) is 0 Å². The zero-order chi connectivity index (χ0) is 21.3. The van der Waals surface area contributed by atoms with Gasteiger partial charge in [0.1, 0.15) is 24.3 Å². The lowest BCUT2D eigenvalue weighted by Crippen LogP contribution is -2.48. The van der Waals surface area contributed by atoms with Crippen molar-refractivity contribution in [2.45, 2.75) is 64.8 Å². The summed E-state index contributed by atoms with van der Waals surface area (Å²) in [4.78, 5) is 25.1. The summed E-state index contributed by atoms with van der Waals surface area (Å²) in [6.45, 7) is 7.36. The molecule has 0 bridgehead atoms. The Balaban J connectivity index is 2.01. The molecule has 0 aliphatic rings. The molecule has 0 spiro atoms. The zero-order valence-corrected chi connectivity index (χ0v) is 17.7. The fourth-order valence-electron chi connectivity index (χ4n) is 2.81. The minimum Gasteiger partial charge on any atom is -0.460 e.